The minimum absolute atomic E-state index is 0.103. The predicted molar refractivity (Wildman–Crippen MR) is 73.9 cm³/mol. The number of carbonyl (C=O) groups excluding carboxylic acids is 1. The van der Waals surface area contributed by atoms with Gasteiger partial charge in [0.05, 0.1) is 6.54 Å². The van der Waals surface area contributed by atoms with E-state index in [0.29, 0.717) is 18.9 Å². The number of nitrogens with zero attached hydrogens (tertiary/aromatic N) is 1. The highest BCUT2D eigenvalue weighted by Gasteiger charge is 2.33. The summed E-state index contributed by atoms with van der Waals surface area (Å²) in [6.07, 6.45) is 2.63. The Labute approximate surface area is 115 Å². The van der Waals surface area contributed by atoms with Gasteiger partial charge in [-0.1, -0.05) is 13.3 Å². The van der Waals surface area contributed by atoms with Crippen LogP contribution in [0.3, 0.4) is 0 Å². The van der Waals surface area contributed by atoms with E-state index in [9.17, 15) is 14.7 Å². The number of nitrogens with one attached hydrogen (secondary N) is 1. The lowest BCUT2D eigenvalue weighted by Crippen LogP contribution is -2.53. The molecule has 0 saturated carbocycles. The van der Waals surface area contributed by atoms with E-state index in [1.807, 2.05) is 20.8 Å². The van der Waals surface area contributed by atoms with Crippen molar-refractivity contribution in [1.29, 1.82) is 0 Å². The van der Waals surface area contributed by atoms with E-state index >= 15 is 0 Å². The van der Waals surface area contributed by atoms with Crippen LogP contribution in [-0.4, -0.2) is 46.6 Å². The fourth-order valence-corrected chi connectivity index (χ4v) is 2.55. The molecule has 0 aromatic carbocycles. The van der Waals surface area contributed by atoms with Gasteiger partial charge in [-0.25, -0.2) is 0 Å². The van der Waals surface area contributed by atoms with Gasteiger partial charge in [0.2, 0.25) is 5.91 Å². The van der Waals surface area contributed by atoms with Gasteiger partial charge in [-0.15, -0.1) is 0 Å². The van der Waals surface area contributed by atoms with Crippen LogP contribution in [0, 0.1) is 5.92 Å². The molecule has 1 aliphatic heterocycles. The molecule has 2 atom stereocenters. The summed E-state index contributed by atoms with van der Waals surface area (Å²) in [5, 5.41) is 12.2. The molecular formula is C14H26N2O3. The Morgan fingerprint density at radius 3 is 2.47 bits per heavy atom. The summed E-state index contributed by atoms with van der Waals surface area (Å²) < 4.78 is 0. The Hall–Kier alpha value is -1.10. The first-order valence-electron chi connectivity index (χ1n) is 7.00. The van der Waals surface area contributed by atoms with Crippen LogP contribution in [0.5, 0.6) is 0 Å². The van der Waals surface area contributed by atoms with Gasteiger partial charge in [0.15, 0.2) is 0 Å². The second-order valence-corrected chi connectivity index (χ2v) is 6.42. The first-order chi connectivity index (χ1) is 8.73. The number of hydrogen-bond donors (Lipinski definition) is 2. The highest BCUT2D eigenvalue weighted by molar-refractivity contribution is 5.80. The molecule has 0 bridgehead atoms. The number of rotatable bonds is 4. The molecule has 2 unspecified atom stereocenters. The first-order valence-corrected chi connectivity index (χ1v) is 7.00. The second kappa shape index (κ2) is 6.37. The van der Waals surface area contributed by atoms with E-state index in [2.05, 4.69) is 12.2 Å². The zero-order valence-electron chi connectivity index (χ0n) is 12.4. The molecule has 5 nitrogen and oxygen atoms in total. The fourth-order valence-electron chi connectivity index (χ4n) is 2.55. The van der Waals surface area contributed by atoms with Gasteiger partial charge in [-0.3, -0.25) is 14.5 Å². The minimum Gasteiger partial charge on any atom is -0.480 e. The van der Waals surface area contributed by atoms with Crippen molar-refractivity contribution in [3.63, 3.8) is 0 Å². The zero-order valence-corrected chi connectivity index (χ0v) is 12.4. The average molecular weight is 270 g/mol. The van der Waals surface area contributed by atoms with Gasteiger partial charge in [0.25, 0.3) is 0 Å². The molecule has 2 N–H and O–H groups in total. The maximum atomic E-state index is 11.9. The molecule has 0 aromatic rings. The highest BCUT2D eigenvalue weighted by atomic mass is 16.4. The molecule has 1 aliphatic rings. The summed E-state index contributed by atoms with van der Waals surface area (Å²) in [4.78, 5) is 25.0. The number of likely N-dealkylation sites (tertiary alicyclic amines) is 1. The van der Waals surface area contributed by atoms with Gasteiger partial charge in [0, 0.05) is 5.54 Å². The molecule has 1 rings (SSSR count). The van der Waals surface area contributed by atoms with Crippen LogP contribution in [0.15, 0.2) is 0 Å². The molecule has 110 valence electrons. The Bertz CT molecular complexity index is 336. The van der Waals surface area contributed by atoms with Crippen molar-refractivity contribution < 1.29 is 14.7 Å². The lowest BCUT2D eigenvalue weighted by atomic mass is 9.89. The van der Waals surface area contributed by atoms with Crippen molar-refractivity contribution in [2.75, 3.05) is 13.1 Å². The van der Waals surface area contributed by atoms with Gasteiger partial charge in [-0.2, -0.15) is 0 Å². The summed E-state index contributed by atoms with van der Waals surface area (Å²) in [7, 11) is 0. The Morgan fingerprint density at radius 2 is 2.00 bits per heavy atom. The van der Waals surface area contributed by atoms with E-state index in [0.717, 1.165) is 12.8 Å². The number of hydrogen-bond acceptors (Lipinski definition) is 3. The third-order valence-electron chi connectivity index (χ3n) is 3.55. The monoisotopic (exact) mass is 270 g/mol. The van der Waals surface area contributed by atoms with E-state index in [-0.39, 0.29) is 18.0 Å². The van der Waals surface area contributed by atoms with E-state index < -0.39 is 12.0 Å². The summed E-state index contributed by atoms with van der Waals surface area (Å²) in [6.45, 7) is 8.71. The fraction of sp³-hybridized carbons (Fsp3) is 0.857. The number of carboxylic acids is 1. The third kappa shape index (κ3) is 5.19. The molecule has 1 saturated heterocycles. The smallest absolute Gasteiger partial charge is 0.320 e. The van der Waals surface area contributed by atoms with Crippen LogP contribution in [0.1, 0.15) is 47.0 Å². The van der Waals surface area contributed by atoms with E-state index in [1.165, 1.54) is 0 Å². The van der Waals surface area contributed by atoms with Gasteiger partial charge >= 0.3 is 5.97 Å². The molecule has 0 aromatic heterocycles. The number of aliphatic carboxylic acids is 1. The van der Waals surface area contributed by atoms with Crippen LogP contribution in [-0.2, 0) is 9.59 Å². The predicted octanol–water partition coefficient (Wildman–Crippen LogP) is 1.48. The number of carboxylic acid groups (broad SMARTS) is 1. The zero-order chi connectivity index (χ0) is 14.6. The van der Waals surface area contributed by atoms with Crippen LogP contribution in [0.4, 0.5) is 0 Å². The first kappa shape index (κ1) is 16.0. The summed E-state index contributed by atoms with van der Waals surface area (Å²) >= 11 is 0. The Kier molecular flexibility index (Phi) is 5.35. The molecule has 19 heavy (non-hydrogen) atoms. The molecule has 0 spiro atoms. The maximum Gasteiger partial charge on any atom is 0.320 e. The average Bonchev–Trinajstić information content (AvgIpc) is 2.26. The van der Waals surface area contributed by atoms with Crippen LogP contribution >= 0.6 is 0 Å². The number of carbonyl (C=O) groups is 2. The van der Waals surface area contributed by atoms with Crippen molar-refractivity contribution in [2.24, 2.45) is 5.92 Å². The van der Waals surface area contributed by atoms with Crippen molar-refractivity contribution >= 4 is 11.9 Å². The largest absolute Gasteiger partial charge is 0.480 e. The lowest BCUT2D eigenvalue weighted by Gasteiger charge is -2.37. The molecule has 1 heterocycles. The summed E-state index contributed by atoms with van der Waals surface area (Å²) in [5.41, 5.74) is -0.280. The lowest BCUT2D eigenvalue weighted by molar-refractivity contribution is -0.146. The quantitative estimate of drug-likeness (QED) is 0.812. The highest BCUT2D eigenvalue weighted by Crippen LogP contribution is 2.25. The van der Waals surface area contributed by atoms with Crippen LogP contribution in [0.2, 0.25) is 0 Å². The SMILES string of the molecule is CCC1CCN(CC(=O)NC(C)(C)C)C(C(=O)O)C1. The molecular weight excluding hydrogens is 244 g/mol. The van der Waals surface area contributed by atoms with Gasteiger partial charge in [-0.05, 0) is 46.1 Å². The number of amides is 1. The molecule has 1 fully saturated rings. The van der Waals surface area contributed by atoms with Crippen molar-refractivity contribution in [3.8, 4) is 0 Å². The third-order valence-corrected chi connectivity index (χ3v) is 3.55. The molecule has 0 aliphatic carbocycles. The standard InChI is InChI=1S/C14H26N2O3/c1-5-10-6-7-16(11(8-10)13(18)19)9-12(17)15-14(2,3)4/h10-11H,5-9H2,1-4H3,(H,15,17)(H,18,19). The number of piperidine rings is 1. The minimum atomic E-state index is -0.818. The molecule has 0 radical (unpaired) electrons. The van der Waals surface area contributed by atoms with Gasteiger partial charge < -0.3 is 10.4 Å². The van der Waals surface area contributed by atoms with E-state index in [1.54, 1.807) is 4.90 Å². The topological polar surface area (TPSA) is 69.6 Å². The summed E-state index contributed by atoms with van der Waals surface area (Å²) in [6, 6.07) is -0.524. The molecule has 5 heteroatoms. The Balaban J connectivity index is 2.60. The van der Waals surface area contributed by atoms with Crippen molar-refractivity contribution in [2.45, 2.75) is 58.5 Å². The van der Waals surface area contributed by atoms with Crippen LogP contribution < -0.4 is 5.32 Å². The summed E-state index contributed by atoms with van der Waals surface area (Å²) in [5.74, 6) is -0.460. The van der Waals surface area contributed by atoms with Gasteiger partial charge in [0.1, 0.15) is 6.04 Å². The maximum absolute atomic E-state index is 11.9. The second-order valence-electron chi connectivity index (χ2n) is 6.42. The van der Waals surface area contributed by atoms with E-state index in [4.69, 9.17) is 0 Å². The Morgan fingerprint density at radius 1 is 1.37 bits per heavy atom. The van der Waals surface area contributed by atoms with Crippen LogP contribution in [0.25, 0.3) is 0 Å². The normalized spacial score (nSPS) is 25.1. The molecule has 1 amide bonds. The van der Waals surface area contributed by atoms with Crippen molar-refractivity contribution in [3.05, 3.63) is 0 Å². The van der Waals surface area contributed by atoms with Crippen molar-refractivity contribution in [1.82, 2.24) is 10.2 Å².